The maximum Gasteiger partial charge on any atom is 0.257 e. The first-order valence-corrected chi connectivity index (χ1v) is 7.60. The lowest BCUT2D eigenvalue weighted by molar-refractivity contribution is 0.102. The minimum absolute atomic E-state index is 0.117. The molecule has 0 saturated heterocycles. The average Bonchev–Trinajstić information content (AvgIpc) is 2.83. The van der Waals surface area contributed by atoms with Gasteiger partial charge in [0, 0.05) is 5.56 Å². The Kier molecular flexibility index (Phi) is 3.47. The van der Waals surface area contributed by atoms with E-state index in [0.29, 0.717) is 10.7 Å². The summed E-state index contributed by atoms with van der Waals surface area (Å²) in [5.74, 6) is -0.117. The van der Waals surface area contributed by atoms with Crippen molar-refractivity contribution in [1.82, 2.24) is 4.98 Å². The maximum atomic E-state index is 12.3. The second-order valence-corrected chi connectivity index (χ2v) is 6.27. The molecule has 0 spiro atoms. The van der Waals surface area contributed by atoms with Crippen LogP contribution in [0.25, 0.3) is 10.2 Å². The fraction of sp³-hybridized carbons (Fsp3) is 0.176. The summed E-state index contributed by atoms with van der Waals surface area (Å²) in [6.45, 7) is 6.09. The van der Waals surface area contributed by atoms with Crippen molar-refractivity contribution >= 4 is 32.6 Å². The molecule has 0 atom stereocenters. The van der Waals surface area contributed by atoms with Crippen molar-refractivity contribution in [3.05, 3.63) is 58.7 Å². The van der Waals surface area contributed by atoms with Gasteiger partial charge in [0.1, 0.15) is 0 Å². The van der Waals surface area contributed by atoms with Crippen LogP contribution in [0.3, 0.4) is 0 Å². The highest BCUT2D eigenvalue weighted by Gasteiger charge is 2.10. The molecule has 1 N–H and O–H groups in total. The van der Waals surface area contributed by atoms with E-state index >= 15 is 0 Å². The summed E-state index contributed by atoms with van der Waals surface area (Å²) < 4.78 is 1.09. The quantitative estimate of drug-likeness (QED) is 0.758. The van der Waals surface area contributed by atoms with Crippen molar-refractivity contribution in [3.63, 3.8) is 0 Å². The molecule has 0 unspecified atom stereocenters. The Morgan fingerprint density at radius 3 is 2.62 bits per heavy atom. The summed E-state index contributed by atoms with van der Waals surface area (Å²) in [5.41, 5.74) is 5.07. The third kappa shape index (κ3) is 2.81. The van der Waals surface area contributed by atoms with Gasteiger partial charge in [0.15, 0.2) is 5.13 Å². The standard InChI is InChI=1S/C17H16N2OS/c1-10-4-7-14-15(8-10)21-17(18-14)19-16(20)13-6-5-11(2)12(3)9-13/h4-9H,1-3H3,(H,18,19,20). The molecule has 0 aliphatic carbocycles. The average molecular weight is 296 g/mol. The van der Waals surface area contributed by atoms with E-state index in [9.17, 15) is 4.79 Å². The summed E-state index contributed by atoms with van der Waals surface area (Å²) in [6.07, 6.45) is 0. The molecule has 0 aliphatic heterocycles. The van der Waals surface area contributed by atoms with Crippen molar-refractivity contribution in [3.8, 4) is 0 Å². The second kappa shape index (κ2) is 5.30. The van der Waals surface area contributed by atoms with Gasteiger partial charge < -0.3 is 0 Å². The smallest absolute Gasteiger partial charge is 0.257 e. The van der Waals surface area contributed by atoms with E-state index in [4.69, 9.17) is 0 Å². The topological polar surface area (TPSA) is 42.0 Å². The second-order valence-electron chi connectivity index (χ2n) is 5.24. The van der Waals surface area contributed by atoms with Gasteiger partial charge in [-0.1, -0.05) is 23.5 Å². The number of benzene rings is 2. The molecule has 106 valence electrons. The number of aryl methyl sites for hydroxylation is 3. The van der Waals surface area contributed by atoms with Gasteiger partial charge in [0.25, 0.3) is 5.91 Å². The summed E-state index contributed by atoms with van der Waals surface area (Å²) in [4.78, 5) is 16.7. The van der Waals surface area contributed by atoms with Gasteiger partial charge in [-0.05, 0) is 61.7 Å². The van der Waals surface area contributed by atoms with Gasteiger partial charge in [-0.25, -0.2) is 4.98 Å². The van der Waals surface area contributed by atoms with E-state index in [1.807, 2.05) is 51.1 Å². The minimum atomic E-state index is -0.117. The number of nitrogens with one attached hydrogen (secondary N) is 1. The van der Waals surface area contributed by atoms with Crippen molar-refractivity contribution in [2.45, 2.75) is 20.8 Å². The lowest BCUT2D eigenvalue weighted by Crippen LogP contribution is -2.11. The van der Waals surface area contributed by atoms with Crippen molar-refractivity contribution in [1.29, 1.82) is 0 Å². The fourth-order valence-electron chi connectivity index (χ4n) is 2.14. The number of hydrogen-bond donors (Lipinski definition) is 1. The van der Waals surface area contributed by atoms with Crippen LogP contribution < -0.4 is 5.32 Å². The number of rotatable bonds is 2. The Hall–Kier alpha value is -2.20. The van der Waals surface area contributed by atoms with Crippen LogP contribution in [0.15, 0.2) is 36.4 Å². The number of aromatic nitrogens is 1. The number of fused-ring (bicyclic) bond motifs is 1. The molecule has 3 nitrogen and oxygen atoms in total. The molecule has 2 aromatic carbocycles. The lowest BCUT2D eigenvalue weighted by atomic mass is 10.1. The highest BCUT2D eigenvalue weighted by Crippen LogP contribution is 2.27. The van der Waals surface area contributed by atoms with E-state index in [1.54, 1.807) is 0 Å². The van der Waals surface area contributed by atoms with Crippen LogP contribution >= 0.6 is 11.3 Å². The predicted octanol–water partition coefficient (Wildman–Crippen LogP) is 4.47. The van der Waals surface area contributed by atoms with E-state index in [-0.39, 0.29) is 5.91 Å². The van der Waals surface area contributed by atoms with E-state index in [2.05, 4.69) is 16.4 Å². The zero-order valence-corrected chi connectivity index (χ0v) is 13.0. The SMILES string of the molecule is Cc1ccc2nc(NC(=O)c3ccc(C)c(C)c3)sc2c1. The van der Waals surface area contributed by atoms with Gasteiger partial charge in [-0.3, -0.25) is 10.1 Å². The van der Waals surface area contributed by atoms with E-state index in [1.165, 1.54) is 22.5 Å². The van der Waals surface area contributed by atoms with Crippen LogP contribution in [0.2, 0.25) is 0 Å². The van der Waals surface area contributed by atoms with Crippen LogP contribution in [0.4, 0.5) is 5.13 Å². The third-order valence-electron chi connectivity index (χ3n) is 3.53. The molecule has 0 radical (unpaired) electrons. The molecule has 0 bridgehead atoms. The first kappa shape index (κ1) is 13.8. The van der Waals surface area contributed by atoms with Crippen molar-refractivity contribution in [2.75, 3.05) is 5.32 Å². The van der Waals surface area contributed by atoms with Gasteiger partial charge in [0.2, 0.25) is 0 Å². The zero-order valence-electron chi connectivity index (χ0n) is 12.2. The highest BCUT2D eigenvalue weighted by atomic mass is 32.1. The first-order chi connectivity index (χ1) is 10.0. The van der Waals surface area contributed by atoms with Crippen LogP contribution in [0.1, 0.15) is 27.0 Å². The molecule has 4 heteroatoms. The van der Waals surface area contributed by atoms with E-state index in [0.717, 1.165) is 15.8 Å². The number of carbonyl (C=O) groups excluding carboxylic acids is 1. The van der Waals surface area contributed by atoms with Gasteiger partial charge in [0.05, 0.1) is 10.2 Å². The molecular formula is C17H16N2OS. The Balaban J connectivity index is 1.87. The van der Waals surface area contributed by atoms with E-state index < -0.39 is 0 Å². The number of anilines is 1. The molecule has 1 aromatic heterocycles. The van der Waals surface area contributed by atoms with Crippen molar-refractivity contribution in [2.24, 2.45) is 0 Å². The summed E-state index contributed by atoms with van der Waals surface area (Å²) in [5, 5.41) is 3.52. The molecule has 0 fully saturated rings. The van der Waals surface area contributed by atoms with Crippen LogP contribution in [-0.4, -0.2) is 10.9 Å². The third-order valence-corrected chi connectivity index (χ3v) is 4.47. The van der Waals surface area contributed by atoms with Crippen molar-refractivity contribution < 1.29 is 4.79 Å². The number of carbonyl (C=O) groups is 1. The predicted molar refractivity (Wildman–Crippen MR) is 88.2 cm³/mol. The number of nitrogens with zero attached hydrogens (tertiary/aromatic N) is 1. The molecular weight excluding hydrogens is 280 g/mol. The Morgan fingerprint density at radius 2 is 1.86 bits per heavy atom. The highest BCUT2D eigenvalue weighted by molar-refractivity contribution is 7.22. The normalized spacial score (nSPS) is 10.8. The lowest BCUT2D eigenvalue weighted by Gasteiger charge is -2.04. The van der Waals surface area contributed by atoms with Gasteiger partial charge in [-0.15, -0.1) is 0 Å². The number of thiazole rings is 1. The summed E-state index contributed by atoms with van der Waals surface area (Å²) >= 11 is 1.50. The largest absolute Gasteiger partial charge is 0.298 e. The molecule has 21 heavy (non-hydrogen) atoms. The molecule has 3 rings (SSSR count). The zero-order chi connectivity index (χ0) is 15.0. The van der Waals surface area contributed by atoms with Crippen LogP contribution in [0.5, 0.6) is 0 Å². The Labute approximate surface area is 127 Å². The first-order valence-electron chi connectivity index (χ1n) is 6.79. The summed E-state index contributed by atoms with van der Waals surface area (Å²) in [6, 6.07) is 11.8. The minimum Gasteiger partial charge on any atom is -0.298 e. The monoisotopic (exact) mass is 296 g/mol. The number of hydrogen-bond acceptors (Lipinski definition) is 3. The fourth-order valence-corrected chi connectivity index (χ4v) is 3.10. The Morgan fingerprint density at radius 1 is 1.05 bits per heavy atom. The Bertz CT molecular complexity index is 836. The molecule has 0 saturated carbocycles. The van der Waals surface area contributed by atoms with Crippen LogP contribution in [-0.2, 0) is 0 Å². The van der Waals surface area contributed by atoms with Crippen LogP contribution in [0, 0.1) is 20.8 Å². The van der Waals surface area contributed by atoms with Gasteiger partial charge in [-0.2, -0.15) is 0 Å². The molecule has 1 amide bonds. The molecule has 3 aromatic rings. The number of amides is 1. The molecule has 1 heterocycles. The van der Waals surface area contributed by atoms with Gasteiger partial charge >= 0.3 is 0 Å². The summed E-state index contributed by atoms with van der Waals surface area (Å²) in [7, 11) is 0. The maximum absolute atomic E-state index is 12.3. The molecule has 0 aliphatic rings.